The number of carbonyl (C=O) groups excluding carboxylic acids is 2. The van der Waals surface area contributed by atoms with Crippen LogP contribution in [0.5, 0.6) is 17.2 Å². The highest BCUT2D eigenvalue weighted by molar-refractivity contribution is 5.83. The molecule has 1 aliphatic heterocycles. The topological polar surface area (TPSA) is 89.5 Å². The van der Waals surface area contributed by atoms with Crippen molar-refractivity contribution in [1.82, 2.24) is 0 Å². The average molecular weight is 354 g/mol. The second kappa shape index (κ2) is 8.06. The SMILES string of the molecule is COC(=O)[C@H]1[C@@H](c2cc(OC)c(OC)c(OC)c2)OC[C@H]1C(=O)OC. The zero-order valence-electron chi connectivity index (χ0n) is 14.9. The molecule has 1 aliphatic rings. The number of hydrogen-bond acceptors (Lipinski definition) is 8. The van der Waals surface area contributed by atoms with Gasteiger partial charge in [-0.15, -0.1) is 0 Å². The Kier molecular flexibility index (Phi) is 6.08. The maximum atomic E-state index is 12.3. The summed E-state index contributed by atoms with van der Waals surface area (Å²) >= 11 is 0. The van der Waals surface area contributed by atoms with E-state index in [1.165, 1.54) is 35.5 Å². The van der Waals surface area contributed by atoms with E-state index in [2.05, 4.69) is 0 Å². The van der Waals surface area contributed by atoms with Crippen molar-refractivity contribution in [2.75, 3.05) is 42.2 Å². The van der Waals surface area contributed by atoms with E-state index in [4.69, 9.17) is 28.4 Å². The lowest BCUT2D eigenvalue weighted by molar-refractivity contribution is -0.156. The molecule has 0 radical (unpaired) electrons. The van der Waals surface area contributed by atoms with Gasteiger partial charge in [-0.05, 0) is 17.7 Å². The number of carbonyl (C=O) groups is 2. The molecule has 25 heavy (non-hydrogen) atoms. The lowest BCUT2D eigenvalue weighted by atomic mass is 9.87. The molecule has 0 aliphatic carbocycles. The fourth-order valence-corrected chi connectivity index (χ4v) is 2.98. The van der Waals surface area contributed by atoms with Crippen molar-refractivity contribution in [2.24, 2.45) is 11.8 Å². The fraction of sp³-hybridized carbons (Fsp3) is 0.529. The number of rotatable bonds is 6. The first-order chi connectivity index (χ1) is 12.0. The van der Waals surface area contributed by atoms with E-state index < -0.39 is 29.9 Å². The molecule has 8 nitrogen and oxygen atoms in total. The van der Waals surface area contributed by atoms with Crippen LogP contribution in [0.4, 0.5) is 0 Å². The average Bonchev–Trinajstić information content (AvgIpc) is 3.10. The van der Waals surface area contributed by atoms with E-state index in [9.17, 15) is 9.59 Å². The summed E-state index contributed by atoms with van der Waals surface area (Å²) in [4.78, 5) is 24.3. The van der Waals surface area contributed by atoms with Gasteiger partial charge in [0.1, 0.15) is 5.92 Å². The van der Waals surface area contributed by atoms with Crippen molar-refractivity contribution in [3.05, 3.63) is 17.7 Å². The van der Waals surface area contributed by atoms with Gasteiger partial charge < -0.3 is 28.4 Å². The van der Waals surface area contributed by atoms with Gasteiger partial charge >= 0.3 is 11.9 Å². The van der Waals surface area contributed by atoms with Crippen LogP contribution in [0.1, 0.15) is 11.7 Å². The summed E-state index contributed by atoms with van der Waals surface area (Å²) in [6.07, 6.45) is -0.703. The Balaban J connectivity index is 2.48. The van der Waals surface area contributed by atoms with E-state index >= 15 is 0 Å². The highest BCUT2D eigenvalue weighted by atomic mass is 16.6. The molecule has 1 saturated heterocycles. The summed E-state index contributed by atoms with van der Waals surface area (Å²) < 4.78 is 31.3. The third-order valence-electron chi connectivity index (χ3n) is 4.21. The maximum absolute atomic E-state index is 12.3. The largest absolute Gasteiger partial charge is 0.493 e. The van der Waals surface area contributed by atoms with E-state index in [1.54, 1.807) is 12.1 Å². The smallest absolute Gasteiger partial charge is 0.312 e. The molecule has 0 unspecified atom stereocenters. The van der Waals surface area contributed by atoms with Gasteiger partial charge in [0.15, 0.2) is 11.5 Å². The first-order valence-electron chi connectivity index (χ1n) is 7.59. The van der Waals surface area contributed by atoms with Crippen molar-refractivity contribution in [1.29, 1.82) is 0 Å². The number of methoxy groups -OCH3 is 5. The Morgan fingerprint density at radius 2 is 1.48 bits per heavy atom. The predicted molar refractivity (Wildman–Crippen MR) is 85.8 cm³/mol. The first kappa shape index (κ1) is 18.9. The molecule has 1 heterocycles. The third kappa shape index (κ3) is 3.48. The summed E-state index contributed by atoms with van der Waals surface area (Å²) in [6.45, 7) is 0.0494. The quantitative estimate of drug-likeness (QED) is 0.708. The second-order valence-electron chi connectivity index (χ2n) is 5.39. The molecule has 8 heteroatoms. The zero-order chi connectivity index (χ0) is 18.6. The van der Waals surface area contributed by atoms with Gasteiger partial charge in [-0.25, -0.2) is 0 Å². The molecule has 0 bridgehead atoms. The molecule has 138 valence electrons. The van der Waals surface area contributed by atoms with Gasteiger partial charge in [0.2, 0.25) is 5.75 Å². The summed E-state index contributed by atoms with van der Waals surface area (Å²) in [5.74, 6) is -1.39. The number of hydrogen-bond donors (Lipinski definition) is 0. The minimum atomic E-state index is -0.833. The van der Waals surface area contributed by atoms with E-state index in [-0.39, 0.29) is 6.61 Å². The third-order valence-corrected chi connectivity index (χ3v) is 4.21. The number of benzene rings is 1. The Morgan fingerprint density at radius 1 is 0.920 bits per heavy atom. The van der Waals surface area contributed by atoms with Gasteiger partial charge in [-0.1, -0.05) is 0 Å². The molecule has 1 aromatic rings. The zero-order valence-corrected chi connectivity index (χ0v) is 14.9. The van der Waals surface area contributed by atoms with Gasteiger partial charge in [0.05, 0.1) is 54.2 Å². The standard InChI is InChI=1S/C17H22O8/c1-20-11-6-9(7-12(21-2)15(11)22-3)14-13(17(19)24-5)10(8-25-14)16(18)23-4/h6-7,10,13-14H,8H2,1-5H3/t10-,13-,14-/m1/s1. The molecule has 2 rings (SSSR count). The van der Waals surface area contributed by atoms with Gasteiger partial charge in [-0.2, -0.15) is 0 Å². The van der Waals surface area contributed by atoms with Crippen molar-refractivity contribution < 1.29 is 38.0 Å². The Hall–Kier alpha value is -2.48. The van der Waals surface area contributed by atoms with Crippen LogP contribution >= 0.6 is 0 Å². The van der Waals surface area contributed by atoms with Crippen LogP contribution in [-0.4, -0.2) is 54.1 Å². The van der Waals surface area contributed by atoms with Gasteiger partial charge in [0, 0.05) is 0 Å². The van der Waals surface area contributed by atoms with E-state index in [1.807, 2.05) is 0 Å². The van der Waals surface area contributed by atoms with Crippen LogP contribution in [0.15, 0.2) is 12.1 Å². The predicted octanol–water partition coefficient (Wildman–Crippen LogP) is 1.36. The van der Waals surface area contributed by atoms with E-state index in [0.717, 1.165) is 0 Å². The van der Waals surface area contributed by atoms with Crippen LogP contribution < -0.4 is 14.2 Å². The van der Waals surface area contributed by atoms with Gasteiger partial charge in [0.25, 0.3) is 0 Å². The summed E-state index contributed by atoms with van der Waals surface area (Å²) in [5, 5.41) is 0. The summed E-state index contributed by atoms with van der Waals surface area (Å²) in [7, 11) is 7.01. The molecule has 0 saturated carbocycles. The molecule has 0 amide bonds. The molecular formula is C17H22O8. The van der Waals surface area contributed by atoms with E-state index in [0.29, 0.717) is 22.8 Å². The van der Waals surface area contributed by atoms with Crippen molar-refractivity contribution in [3.63, 3.8) is 0 Å². The molecule has 3 atom stereocenters. The molecule has 0 N–H and O–H groups in total. The minimum Gasteiger partial charge on any atom is -0.493 e. The normalized spacial score (nSPS) is 22.2. The summed E-state index contributed by atoms with van der Waals surface area (Å²) in [5.41, 5.74) is 0.608. The molecule has 1 fully saturated rings. The number of esters is 2. The fourth-order valence-electron chi connectivity index (χ4n) is 2.98. The van der Waals surface area contributed by atoms with Crippen molar-refractivity contribution >= 4 is 11.9 Å². The van der Waals surface area contributed by atoms with Crippen molar-refractivity contribution in [3.8, 4) is 17.2 Å². The van der Waals surface area contributed by atoms with Gasteiger partial charge in [-0.3, -0.25) is 9.59 Å². The minimum absolute atomic E-state index is 0.0494. The monoisotopic (exact) mass is 354 g/mol. The molecular weight excluding hydrogens is 332 g/mol. The number of ether oxygens (including phenoxy) is 6. The molecule has 1 aromatic carbocycles. The Labute approximate surface area is 145 Å². The molecule has 0 spiro atoms. The molecule has 0 aromatic heterocycles. The highest BCUT2D eigenvalue weighted by Crippen LogP contribution is 2.45. The Morgan fingerprint density at radius 3 is 1.92 bits per heavy atom. The lowest BCUT2D eigenvalue weighted by Gasteiger charge is -2.21. The second-order valence-corrected chi connectivity index (χ2v) is 5.39. The van der Waals surface area contributed by atoms with Crippen LogP contribution in [-0.2, 0) is 23.8 Å². The first-order valence-corrected chi connectivity index (χ1v) is 7.59. The van der Waals surface area contributed by atoms with Crippen molar-refractivity contribution in [2.45, 2.75) is 6.10 Å². The lowest BCUT2D eigenvalue weighted by Crippen LogP contribution is -2.31. The van der Waals surface area contributed by atoms with Crippen LogP contribution in [0.3, 0.4) is 0 Å². The van der Waals surface area contributed by atoms with Crippen LogP contribution in [0.25, 0.3) is 0 Å². The maximum Gasteiger partial charge on any atom is 0.312 e. The van der Waals surface area contributed by atoms with Crippen LogP contribution in [0.2, 0.25) is 0 Å². The Bertz CT molecular complexity index is 617. The summed E-state index contributed by atoms with van der Waals surface area (Å²) in [6, 6.07) is 3.36. The van der Waals surface area contributed by atoms with Crippen LogP contribution in [0, 0.1) is 11.8 Å². The highest BCUT2D eigenvalue weighted by Gasteiger charge is 2.48.